The summed E-state index contributed by atoms with van der Waals surface area (Å²) in [6.45, 7) is 1.25. The van der Waals surface area contributed by atoms with Gasteiger partial charge in [0.1, 0.15) is 11.7 Å². The Hall–Kier alpha value is -2.93. The number of nitrogens with one attached hydrogen (secondary N) is 1. The number of carbonyl (C=O) groups is 3. The monoisotopic (exact) mass is 365 g/mol. The van der Waals surface area contributed by atoms with Gasteiger partial charge in [0, 0.05) is 23.7 Å². The van der Waals surface area contributed by atoms with E-state index in [1.54, 1.807) is 11.0 Å². The summed E-state index contributed by atoms with van der Waals surface area (Å²) in [5.41, 5.74) is 2.12. The van der Waals surface area contributed by atoms with Crippen LogP contribution in [-0.2, 0) is 14.4 Å². The molecule has 138 valence electrons. The highest BCUT2D eigenvalue weighted by Crippen LogP contribution is 2.47. The number of para-hydroxylation sites is 1. The molecule has 1 aromatic rings. The quantitative estimate of drug-likeness (QED) is 0.613. The van der Waals surface area contributed by atoms with Crippen LogP contribution in [-0.4, -0.2) is 53.0 Å². The number of amides is 2. The Kier molecular flexibility index (Phi) is 3.48. The first-order chi connectivity index (χ1) is 13.1. The number of rotatable bonds is 3. The van der Waals surface area contributed by atoms with Gasteiger partial charge in [0.2, 0.25) is 5.91 Å². The van der Waals surface area contributed by atoms with E-state index in [9.17, 15) is 19.5 Å². The van der Waals surface area contributed by atoms with Crippen LogP contribution in [0.25, 0.3) is 0 Å². The molecule has 0 radical (unpaired) electrons. The van der Waals surface area contributed by atoms with Crippen LogP contribution in [0.1, 0.15) is 12.8 Å². The third-order valence-corrected chi connectivity index (χ3v) is 6.01. The summed E-state index contributed by atoms with van der Waals surface area (Å²) in [5, 5.41) is 12.9. The van der Waals surface area contributed by atoms with E-state index in [1.165, 1.54) is 4.90 Å². The fraction of sp³-hybridized carbons (Fsp3) is 0.350. The number of benzene rings is 1. The van der Waals surface area contributed by atoms with Gasteiger partial charge in [-0.15, -0.1) is 0 Å². The van der Waals surface area contributed by atoms with Crippen molar-refractivity contribution in [3.63, 3.8) is 0 Å². The van der Waals surface area contributed by atoms with Crippen LogP contribution in [0, 0.1) is 5.92 Å². The van der Waals surface area contributed by atoms with Crippen molar-refractivity contribution < 1.29 is 19.5 Å². The van der Waals surface area contributed by atoms with Gasteiger partial charge in [-0.3, -0.25) is 14.5 Å². The minimum atomic E-state index is -1.10. The zero-order valence-corrected chi connectivity index (χ0v) is 14.6. The second-order valence-electron chi connectivity index (χ2n) is 7.35. The van der Waals surface area contributed by atoms with Crippen LogP contribution in [0.15, 0.2) is 53.3 Å². The smallest absolute Gasteiger partial charge is 0.352 e. The number of carbonyl (C=O) groups excluding carboxylic acids is 2. The normalized spacial score (nSPS) is 30.8. The van der Waals surface area contributed by atoms with E-state index in [0.717, 1.165) is 12.1 Å². The molecular weight excluding hydrogens is 346 g/mol. The molecule has 0 saturated carbocycles. The summed E-state index contributed by atoms with van der Waals surface area (Å²) in [6.07, 6.45) is 3.07. The van der Waals surface area contributed by atoms with Crippen LogP contribution in [0.5, 0.6) is 0 Å². The van der Waals surface area contributed by atoms with Crippen molar-refractivity contribution in [2.75, 3.05) is 18.0 Å². The zero-order chi connectivity index (χ0) is 18.7. The Morgan fingerprint density at radius 2 is 2.00 bits per heavy atom. The van der Waals surface area contributed by atoms with E-state index in [4.69, 9.17) is 0 Å². The molecule has 7 nitrogen and oxygen atoms in total. The maximum atomic E-state index is 12.9. The molecule has 7 heteroatoms. The van der Waals surface area contributed by atoms with Crippen molar-refractivity contribution in [3.05, 3.63) is 53.3 Å². The molecule has 0 bridgehead atoms. The predicted octanol–water partition coefficient (Wildman–Crippen LogP) is 0.891. The maximum absolute atomic E-state index is 12.9. The molecule has 0 aliphatic carbocycles. The second-order valence-corrected chi connectivity index (χ2v) is 7.35. The van der Waals surface area contributed by atoms with Crippen molar-refractivity contribution in [2.45, 2.75) is 24.9 Å². The number of aliphatic carboxylic acids is 1. The van der Waals surface area contributed by atoms with E-state index in [0.29, 0.717) is 30.7 Å². The highest BCUT2D eigenvalue weighted by atomic mass is 16.4. The van der Waals surface area contributed by atoms with Crippen LogP contribution < -0.4 is 10.2 Å². The molecule has 1 unspecified atom stereocenters. The van der Waals surface area contributed by atoms with Crippen LogP contribution in [0.4, 0.5) is 5.69 Å². The van der Waals surface area contributed by atoms with Gasteiger partial charge in [-0.05, 0) is 43.2 Å². The van der Waals surface area contributed by atoms with E-state index in [2.05, 4.69) is 5.32 Å². The minimum absolute atomic E-state index is 0.0221. The average Bonchev–Trinajstić information content (AvgIpc) is 3.20. The van der Waals surface area contributed by atoms with Gasteiger partial charge >= 0.3 is 5.97 Å². The molecule has 3 saturated heterocycles. The molecular formula is C20H19N3O4. The third kappa shape index (κ3) is 2.21. The van der Waals surface area contributed by atoms with Gasteiger partial charge in [0.25, 0.3) is 5.91 Å². The van der Waals surface area contributed by atoms with Crippen molar-refractivity contribution in [2.24, 2.45) is 5.92 Å². The molecule has 3 atom stereocenters. The number of nitrogens with zero attached hydrogens (tertiary/aromatic N) is 2. The van der Waals surface area contributed by atoms with Gasteiger partial charge in [-0.2, -0.15) is 0 Å². The minimum Gasteiger partial charge on any atom is -0.477 e. The lowest BCUT2D eigenvalue weighted by atomic mass is 9.79. The topological polar surface area (TPSA) is 90.0 Å². The Bertz CT molecular complexity index is 920. The third-order valence-electron chi connectivity index (χ3n) is 6.01. The summed E-state index contributed by atoms with van der Waals surface area (Å²) in [5.74, 6) is -1.40. The molecule has 2 N–H and O–H groups in total. The van der Waals surface area contributed by atoms with Crippen molar-refractivity contribution in [3.8, 4) is 0 Å². The number of hydrogen-bond acceptors (Lipinski definition) is 4. The number of allylic oxidation sites excluding steroid dienone is 1. The molecule has 27 heavy (non-hydrogen) atoms. The van der Waals surface area contributed by atoms with Gasteiger partial charge in [0.05, 0.1) is 6.04 Å². The number of carboxylic acids is 1. The largest absolute Gasteiger partial charge is 0.477 e. The Morgan fingerprint density at radius 1 is 1.22 bits per heavy atom. The van der Waals surface area contributed by atoms with Gasteiger partial charge in [-0.1, -0.05) is 18.2 Å². The molecule has 3 fully saturated rings. The average molecular weight is 365 g/mol. The predicted molar refractivity (Wildman–Crippen MR) is 96.7 cm³/mol. The number of anilines is 1. The second kappa shape index (κ2) is 5.79. The fourth-order valence-corrected chi connectivity index (χ4v) is 4.80. The van der Waals surface area contributed by atoms with Gasteiger partial charge in [-0.25, -0.2) is 4.79 Å². The molecule has 4 aliphatic rings. The first-order valence-electron chi connectivity index (χ1n) is 9.19. The van der Waals surface area contributed by atoms with E-state index >= 15 is 0 Å². The number of hydrogen-bond donors (Lipinski definition) is 2. The van der Waals surface area contributed by atoms with E-state index in [-0.39, 0.29) is 35.5 Å². The molecule has 2 amide bonds. The number of piperidine rings is 1. The lowest BCUT2D eigenvalue weighted by Crippen LogP contribution is -2.71. The summed E-state index contributed by atoms with van der Waals surface area (Å²) < 4.78 is 0. The lowest BCUT2D eigenvalue weighted by molar-refractivity contribution is -0.154. The molecule has 0 aromatic heterocycles. The van der Waals surface area contributed by atoms with Crippen molar-refractivity contribution in [1.29, 1.82) is 0 Å². The summed E-state index contributed by atoms with van der Waals surface area (Å²) in [6, 6.07) is 9.02. The summed E-state index contributed by atoms with van der Waals surface area (Å²) >= 11 is 0. The van der Waals surface area contributed by atoms with E-state index in [1.807, 2.05) is 30.3 Å². The summed E-state index contributed by atoms with van der Waals surface area (Å²) in [7, 11) is 0. The molecule has 5 rings (SSSR count). The van der Waals surface area contributed by atoms with Crippen LogP contribution in [0.3, 0.4) is 0 Å². The first-order valence-corrected chi connectivity index (χ1v) is 9.19. The van der Waals surface area contributed by atoms with Crippen molar-refractivity contribution in [1.82, 2.24) is 10.2 Å². The molecule has 4 aliphatic heterocycles. The van der Waals surface area contributed by atoms with Gasteiger partial charge < -0.3 is 15.3 Å². The highest BCUT2D eigenvalue weighted by Gasteiger charge is 2.60. The van der Waals surface area contributed by atoms with Crippen LogP contribution in [0.2, 0.25) is 0 Å². The van der Waals surface area contributed by atoms with Gasteiger partial charge in [0.15, 0.2) is 0 Å². The lowest BCUT2D eigenvalue weighted by Gasteiger charge is -2.48. The molecule has 1 aromatic carbocycles. The first kappa shape index (κ1) is 16.3. The van der Waals surface area contributed by atoms with Crippen molar-refractivity contribution >= 4 is 23.5 Å². The van der Waals surface area contributed by atoms with E-state index < -0.39 is 5.97 Å². The SMILES string of the molecule is O=C(O)C1=C(/C=C2\CCN(c3ccccc3)C2=O)C2CCN[C@@H]3C(=O)N1[C@H]23. The van der Waals surface area contributed by atoms with Crippen LogP contribution >= 0.6 is 0 Å². The molecule has 4 heterocycles. The number of carboxylic acid groups (broad SMARTS) is 1. The Balaban J connectivity index is 1.52. The summed E-state index contributed by atoms with van der Waals surface area (Å²) in [4.78, 5) is 40.2. The fourth-order valence-electron chi connectivity index (χ4n) is 4.80. The zero-order valence-electron chi connectivity index (χ0n) is 14.6. The maximum Gasteiger partial charge on any atom is 0.352 e. The highest BCUT2D eigenvalue weighted by molar-refractivity contribution is 6.09. The molecule has 0 spiro atoms. The Morgan fingerprint density at radius 3 is 2.74 bits per heavy atom. The Labute approximate surface area is 155 Å². The standard InChI is InChI=1S/C20H19N3O4/c24-18-11(7-9-22(18)12-4-2-1-3-5-12)10-14-13-6-8-21-15-16(13)23(19(15)25)17(14)20(26)27/h1-5,10,13,15-16,21H,6-9H2,(H,26,27)/b11-10+/t13?,15-,16+/m0/s1. The number of β-lactam (4-membered cyclic amide) rings is 1.